The highest BCUT2D eigenvalue weighted by molar-refractivity contribution is 5.69. The number of hydrogen-bond donors (Lipinski definition) is 0. The molecule has 6 heteroatoms. The molecule has 76 valence electrons. The SMILES string of the molecule is CCOC(=O)Cn1cccc1[N+](=O)[O-]. The van der Waals surface area contributed by atoms with Gasteiger partial charge in [0.1, 0.15) is 0 Å². The van der Waals surface area contributed by atoms with Crippen molar-refractivity contribution in [3.05, 3.63) is 28.4 Å². The Bertz CT molecular complexity index is 345. The van der Waals surface area contributed by atoms with Crippen molar-refractivity contribution in [1.29, 1.82) is 0 Å². The van der Waals surface area contributed by atoms with E-state index in [-0.39, 0.29) is 19.0 Å². The second-order valence-electron chi connectivity index (χ2n) is 2.56. The molecule has 14 heavy (non-hydrogen) atoms. The van der Waals surface area contributed by atoms with Crippen LogP contribution in [0.25, 0.3) is 0 Å². The van der Waals surface area contributed by atoms with E-state index in [9.17, 15) is 14.9 Å². The zero-order chi connectivity index (χ0) is 10.6. The molecule has 0 radical (unpaired) electrons. The summed E-state index contributed by atoms with van der Waals surface area (Å²) in [4.78, 5) is 20.9. The van der Waals surface area contributed by atoms with Crippen LogP contribution >= 0.6 is 0 Å². The van der Waals surface area contributed by atoms with Crippen LogP contribution in [0.3, 0.4) is 0 Å². The maximum absolute atomic E-state index is 11.0. The van der Waals surface area contributed by atoms with Gasteiger partial charge in [0.25, 0.3) is 0 Å². The van der Waals surface area contributed by atoms with Crippen molar-refractivity contribution in [1.82, 2.24) is 4.57 Å². The normalized spacial score (nSPS) is 9.79. The zero-order valence-electron chi connectivity index (χ0n) is 7.67. The summed E-state index contributed by atoms with van der Waals surface area (Å²) in [7, 11) is 0. The number of nitro groups is 1. The van der Waals surface area contributed by atoms with E-state index < -0.39 is 10.9 Å². The summed E-state index contributed by atoms with van der Waals surface area (Å²) in [5.74, 6) is -0.593. The quantitative estimate of drug-likeness (QED) is 0.410. The average Bonchev–Trinajstić information content (AvgIpc) is 2.52. The van der Waals surface area contributed by atoms with Gasteiger partial charge in [-0.15, -0.1) is 0 Å². The van der Waals surface area contributed by atoms with Gasteiger partial charge in [0.2, 0.25) is 0 Å². The number of rotatable bonds is 4. The van der Waals surface area contributed by atoms with E-state index in [0.29, 0.717) is 0 Å². The molecule has 0 atom stereocenters. The van der Waals surface area contributed by atoms with Gasteiger partial charge in [-0.2, -0.15) is 0 Å². The molecule has 0 spiro atoms. The van der Waals surface area contributed by atoms with E-state index in [0.717, 1.165) is 0 Å². The predicted octanol–water partition coefficient (Wildman–Crippen LogP) is 0.959. The van der Waals surface area contributed by atoms with Gasteiger partial charge in [-0.25, -0.2) is 9.36 Å². The molecule has 1 rings (SSSR count). The summed E-state index contributed by atoms with van der Waals surface area (Å²) in [5.41, 5.74) is 0. The third-order valence-electron chi connectivity index (χ3n) is 1.60. The molecular formula is C8H10N2O4. The Morgan fingerprint density at radius 1 is 1.71 bits per heavy atom. The molecule has 0 aliphatic rings. The first kappa shape index (κ1) is 10.2. The van der Waals surface area contributed by atoms with Crippen LogP contribution in [0.4, 0.5) is 5.82 Å². The maximum atomic E-state index is 11.0. The second-order valence-corrected chi connectivity index (χ2v) is 2.56. The van der Waals surface area contributed by atoms with E-state index >= 15 is 0 Å². The molecular weight excluding hydrogens is 188 g/mol. The third-order valence-corrected chi connectivity index (χ3v) is 1.60. The number of carbonyl (C=O) groups excluding carboxylic acids is 1. The molecule has 0 unspecified atom stereocenters. The molecule has 6 nitrogen and oxygen atoms in total. The fourth-order valence-electron chi connectivity index (χ4n) is 1.05. The molecule has 0 fully saturated rings. The van der Waals surface area contributed by atoms with Gasteiger partial charge in [0, 0.05) is 6.07 Å². The van der Waals surface area contributed by atoms with Gasteiger partial charge >= 0.3 is 11.8 Å². The standard InChI is InChI=1S/C8H10N2O4/c1-2-14-8(11)6-9-5-3-4-7(9)10(12)13/h3-5H,2,6H2,1H3. The number of hydrogen-bond acceptors (Lipinski definition) is 4. The Hall–Kier alpha value is -1.85. The number of carbonyl (C=O) groups is 1. The van der Waals surface area contributed by atoms with Gasteiger partial charge in [0.05, 0.1) is 12.8 Å². The highest BCUT2D eigenvalue weighted by Gasteiger charge is 2.15. The zero-order valence-corrected chi connectivity index (χ0v) is 7.67. The van der Waals surface area contributed by atoms with Gasteiger partial charge in [-0.1, -0.05) is 0 Å². The van der Waals surface area contributed by atoms with Gasteiger partial charge in [-0.3, -0.25) is 0 Å². The fraction of sp³-hybridized carbons (Fsp3) is 0.375. The molecule has 0 aliphatic heterocycles. The lowest BCUT2D eigenvalue weighted by atomic mass is 10.6. The summed E-state index contributed by atoms with van der Waals surface area (Å²) < 4.78 is 5.90. The molecule has 0 aliphatic carbocycles. The summed E-state index contributed by atoms with van der Waals surface area (Å²) >= 11 is 0. The van der Waals surface area contributed by atoms with Crippen molar-refractivity contribution in [2.24, 2.45) is 0 Å². The van der Waals surface area contributed by atoms with Crippen LogP contribution in [0, 0.1) is 10.1 Å². The minimum absolute atomic E-state index is 0.113. The largest absolute Gasteiger partial charge is 0.463 e. The van der Waals surface area contributed by atoms with Crippen LogP contribution in [0.15, 0.2) is 18.3 Å². The Kier molecular flexibility index (Phi) is 3.22. The molecule has 0 saturated carbocycles. The monoisotopic (exact) mass is 198 g/mol. The number of aromatic nitrogens is 1. The maximum Gasteiger partial charge on any atom is 0.348 e. The van der Waals surface area contributed by atoms with Crippen LogP contribution in [0.2, 0.25) is 0 Å². The first-order chi connectivity index (χ1) is 6.65. The molecule has 1 aromatic heterocycles. The highest BCUT2D eigenvalue weighted by Crippen LogP contribution is 2.11. The van der Waals surface area contributed by atoms with Crippen molar-refractivity contribution in [2.45, 2.75) is 13.5 Å². The van der Waals surface area contributed by atoms with Crippen LogP contribution in [0.1, 0.15) is 6.92 Å². The Labute approximate surface area is 80.2 Å². The molecule has 1 aromatic rings. The number of nitrogens with zero attached hydrogens (tertiary/aromatic N) is 2. The molecule has 0 saturated heterocycles. The van der Waals surface area contributed by atoms with Crippen LogP contribution in [0.5, 0.6) is 0 Å². The van der Waals surface area contributed by atoms with Gasteiger partial charge < -0.3 is 14.9 Å². The minimum Gasteiger partial charge on any atom is -0.463 e. The fourth-order valence-corrected chi connectivity index (χ4v) is 1.05. The summed E-state index contributed by atoms with van der Waals surface area (Å²) in [5, 5.41) is 10.5. The summed E-state index contributed by atoms with van der Waals surface area (Å²) in [6.45, 7) is 1.83. The van der Waals surface area contributed by atoms with E-state index in [1.54, 1.807) is 6.92 Å². The first-order valence-corrected chi connectivity index (χ1v) is 4.10. The smallest absolute Gasteiger partial charge is 0.348 e. The Morgan fingerprint density at radius 2 is 2.43 bits per heavy atom. The Balaban J connectivity index is 2.71. The van der Waals surface area contributed by atoms with E-state index in [1.165, 1.54) is 22.9 Å². The van der Waals surface area contributed by atoms with Crippen molar-refractivity contribution >= 4 is 11.8 Å². The molecule has 0 N–H and O–H groups in total. The second kappa shape index (κ2) is 4.40. The van der Waals surface area contributed by atoms with Gasteiger partial charge in [-0.05, 0) is 17.9 Å². The van der Waals surface area contributed by atoms with E-state index in [4.69, 9.17) is 0 Å². The minimum atomic E-state index is -0.542. The van der Waals surface area contributed by atoms with Gasteiger partial charge in [0.15, 0.2) is 6.54 Å². The summed E-state index contributed by atoms with van der Waals surface area (Å²) in [6.07, 6.45) is 1.47. The lowest BCUT2D eigenvalue weighted by molar-refractivity contribution is -0.392. The van der Waals surface area contributed by atoms with Crippen LogP contribution < -0.4 is 0 Å². The predicted molar refractivity (Wildman–Crippen MR) is 47.7 cm³/mol. The third kappa shape index (κ3) is 2.32. The van der Waals surface area contributed by atoms with Crippen LogP contribution in [-0.2, 0) is 16.1 Å². The van der Waals surface area contributed by atoms with E-state index in [2.05, 4.69) is 4.74 Å². The summed E-state index contributed by atoms with van der Waals surface area (Å²) in [6, 6.07) is 2.84. The number of esters is 1. The Morgan fingerprint density at radius 3 is 3.00 bits per heavy atom. The topological polar surface area (TPSA) is 74.4 Å². The lowest BCUT2D eigenvalue weighted by Crippen LogP contribution is -2.14. The van der Waals surface area contributed by atoms with Crippen molar-refractivity contribution in [3.8, 4) is 0 Å². The molecule has 1 heterocycles. The highest BCUT2D eigenvalue weighted by atomic mass is 16.6. The van der Waals surface area contributed by atoms with Crippen molar-refractivity contribution < 1.29 is 14.5 Å². The van der Waals surface area contributed by atoms with Crippen molar-refractivity contribution in [3.63, 3.8) is 0 Å². The van der Waals surface area contributed by atoms with Crippen molar-refractivity contribution in [2.75, 3.05) is 6.61 Å². The number of ether oxygens (including phenoxy) is 1. The molecule has 0 aromatic carbocycles. The first-order valence-electron chi connectivity index (χ1n) is 4.10. The lowest BCUT2D eigenvalue weighted by Gasteiger charge is -2.01. The molecule has 0 bridgehead atoms. The van der Waals surface area contributed by atoms with Crippen LogP contribution in [-0.4, -0.2) is 22.1 Å². The molecule has 0 amide bonds. The van der Waals surface area contributed by atoms with E-state index in [1.807, 2.05) is 0 Å². The average molecular weight is 198 g/mol.